The predicted molar refractivity (Wildman–Crippen MR) is 93.6 cm³/mol. The van der Waals surface area contributed by atoms with Gasteiger partial charge in [-0.05, 0) is 49.8 Å². The van der Waals surface area contributed by atoms with Crippen LogP contribution in [0.15, 0.2) is 24.3 Å². The highest BCUT2D eigenvalue weighted by molar-refractivity contribution is 5.83. The van der Waals surface area contributed by atoms with Gasteiger partial charge in [0, 0.05) is 31.7 Å². The molecule has 1 atom stereocenters. The second kappa shape index (κ2) is 7.42. The Morgan fingerprint density at radius 1 is 1.24 bits per heavy atom. The van der Waals surface area contributed by atoms with Crippen LogP contribution >= 0.6 is 0 Å². The summed E-state index contributed by atoms with van der Waals surface area (Å²) in [6.45, 7) is 4.67. The summed E-state index contributed by atoms with van der Waals surface area (Å²) in [5, 5.41) is 10.0. The zero-order valence-corrected chi connectivity index (χ0v) is 15.0. The molecule has 0 radical (unpaired) electrons. The van der Waals surface area contributed by atoms with Gasteiger partial charge in [-0.3, -0.25) is 4.79 Å². The number of aliphatic hydroxyl groups is 1. The quantitative estimate of drug-likeness (QED) is 0.889. The fourth-order valence-electron chi connectivity index (χ4n) is 4.29. The minimum Gasteiger partial charge on any atom is -0.396 e. The molecule has 2 heterocycles. The third-order valence-corrected chi connectivity index (χ3v) is 6.13. The molecular formula is C20H28FNO3. The SMILES string of the molecule is CCC1(C(=O)N2CCC(CO)(Cc3ccc(F)cc3)C2)CCOCC1. The summed E-state index contributed by atoms with van der Waals surface area (Å²) in [6, 6.07) is 6.44. The molecule has 5 heteroatoms. The van der Waals surface area contributed by atoms with Gasteiger partial charge in [-0.15, -0.1) is 0 Å². The van der Waals surface area contributed by atoms with E-state index >= 15 is 0 Å². The lowest BCUT2D eigenvalue weighted by molar-refractivity contribution is -0.147. The fraction of sp³-hybridized carbons (Fsp3) is 0.650. The number of nitrogens with zero attached hydrogens (tertiary/aromatic N) is 1. The Bertz CT molecular complexity index is 597. The van der Waals surface area contributed by atoms with Gasteiger partial charge >= 0.3 is 0 Å². The van der Waals surface area contributed by atoms with Crippen molar-refractivity contribution in [2.24, 2.45) is 10.8 Å². The topological polar surface area (TPSA) is 49.8 Å². The molecule has 4 nitrogen and oxygen atoms in total. The number of likely N-dealkylation sites (tertiary alicyclic amines) is 1. The lowest BCUT2D eigenvalue weighted by Gasteiger charge is -2.38. The van der Waals surface area contributed by atoms with Gasteiger partial charge in [0.2, 0.25) is 5.91 Å². The highest BCUT2D eigenvalue weighted by atomic mass is 19.1. The molecule has 25 heavy (non-hydrogen) atoms. The van der Waals surface area contributed by atoms with E-state index in [0.717, 1.165) is 31.2 Å². The Morgan fingerprint density at radius 3 is 2.52 bits per heavy atom. The van der Waals surface area contributed by atoms with Crippen molar-refractivity contribution in [3.8, 4) is 0 Å². The first-order chi connectivity index (χ1) is 12.0. The summed E-state index contributed by atoms with van der Waals surface area (Å²) < 4.78 is 18.6. The number of carbonyl (C=O) groups excluding carboxylic acids is 1. The number of carbonyl (C=O) groups is 1. The maximum absolute atomic E-state index is 13.2. The van der Waals surface area contributed by atoms with E-state index in [9.17, 15) is 14.3 Å². The summed E-state index contributed by atoms with van der Waals surface area (Å²) in [7, 11) is 0. The smallest absolute Gasteiger partial charge is 0.228 e. The molecule has 2 aliphatic rings. The van der Waals surface area contributed by atoms with Gasteiger partial charge in [0.05, 0.1) is 12.0 Å². The van der Waals surface area contributed by atoms with E-state index in [1.807, 2.05) is 4.90 Å². The van der Waals surface area contributed by atoms with Crippen LogP contribution < -0.4 is 0 Å². The van der Waals surface area contributed by atoms with Crippen LogP contribution in [0.2, 0.25) is 0 Å². The second-order valence-electron chi connectivity index (χ2n) is 7.68. The number of aliphatic hydroxyl groups excluding tert-OH is 1. The summed E-state index contributed by atoms with van der Waals surface area (Å²) in [4.78, 5) is 15.1. The summed E-state index contributed by atoms with van der Waals surface area (Å²) >= 11 is 0. The van der Waals surface area contributed by atoms with Crippen LogP contribution in [0.25, 0.3) is 0 Å². The average molecular weight is 349 g/mol. The van der Waals surface area contributed by atoms with Crippen LogP contribution in [0.5, 0.6) is 0 Å². The molecule has 0 saturated carbocycles. The van der Waals surface area contributed by atoms with Gasteiger partial charge in [-0.25, -0.2) is 4.39 Å². The zero-order chi connectivity index (χ0) is 17.9. The van der Waals surface area contributed by atoms with E-state index in [1.54, 1.807) is 12.1 Å². The van der Waals surface area contributed by atoms with Gasteiger partial charge in [0.25, 0.3) is 0 Å². The first kappa shape index (κ1) is 18.3. The molecule has 0 aliphatic carbocycles. The second-order valence-corrected chi connectivity index (χ2v) is 7.68. The summed E-state index contributed by atoms with van der Waals surface area (Å²) in [5.41, 5.74) is 0.369. The van der Waals surface area contributed by atoms with Crippen molar-refractivity contribution in [1.82, 2.24) is 4.90 Å². The number of benzene rings is 1. The first-order valence-corrected chi connectivity index (χ1v) is 9.25. The molecule has 0 spiro atoms. The third kappa shape index (κ3) is 3.72. The maximum Gasteiger partial charge on any atom is 0.228 e. The molecule has 1 aromatic rings. The van der Waals surface area contributed by atoms with Gasteiger partial charge in [-0.2, -0.15) is 0 Å². The van der Waals surface area contributed by atoms with Gasteiger partial charge < -0.3 is 14.7 Å². The van der Waals surface area contributed by atoms with E-state index in [-0.39, 0.29) is 29.2 Å². The first-order valence-electron chi connectivity index (χ1n) is 9.25. The number of hydrogen-bond acceptors (Lipinski definition) is 3. The van der Waals surface area contributed by atoms with E-state index in [1.165, 1.54) is 12.1 Å². The van der Waals surface area contributed by atoms with Gasteiger partial charge in [0.1, 0.15) is 5.82 Å². The van der Waals surface area contributed by atoms with Crippen molar-refractivity contribution in [3.63, 3.8) is 0 Å². The molecule has 0 aromatic heterocycles. The Balaban J connectivity index is 1.71. The van der Waals surface area contributed by atoms with Crippen molar-refractivity contribution >= 4 is 5.91 Å². The molecular weight excluding hydrogens is 321 g/mol. The van der Waals surface area contributed by atoms with Gasteiger partial charge in [-0.1, -0.05) is 19.1 Å². The standard InChI is InChI=1S/C20H28FNO3/c1-2-20(8-11-25-12-9-20)18(24)22-10-7-19(14-22,15-23)13-16-3-5-17(21)6-4-16/h3-6,23H,2,7-15H2,1H3. The highest BCUT2D eigenvalue weighted by Crippen LogP contribution is 2.40. The molecule has 1 aromatic carbocycles. The normalized spacial score (nSPS) is 26.0. The van der Waals surface area contributed by atoms with Crippen LogP contribution in [-0.2, 0) is 16.0 Å². The van der Waals surface area contributed by atoms with Crippen LogP contribution in [-0.4, -0.2) is 48.8 Å². The predicted octanol–water partition coefficient (Wildman–Crippen LogP) is 2.79. The van der Waals surface area contributed by atoms with Crippen molar-refractivity contribution in [1.29, 1.82) is 0 Å². The van der Waals surface area contributed by atoms with E-state index in [2.05, 4.69) is 6.92 Å². The molecule has 2 aliphatic heterocycles. The van der Waals surface area contributed by atoms with E-state index in [0.29, 0.717) is 32.7 Å². The number of rotatable bonds is 5. The highest BCUT2D eigenvalue weighted by Gasteiger charge is 2.46. The number of amides is 1. The largest absolute Gasteiger partial charge is 0.396 e. The lowest BCUT2D eigenvalue weighted by atomic mass is 9.76. The molecule has 3 rings (SSSR count). The Hall–Kier alpha value is -1.46. The van der Waals surface area contributed by atoms with Crippen LogP contribution in [0.4, 0.5) is 4.39 Å². The lowest BCUT2D eigenvalue weighted by Crippen LogP contribution is -2.47. The monoisotopic (exact) mass is 349 g/mol. The summed E-state index contributed by atoms with van der Waals surface area (Å²) in [5.74, 6) is -0.0397. The van der Waals surface area contributed by atoms with Crippen molar-refractivity contribution in [2.45, 2.75) is 39.0 Å². The van der Waals surface area contributed by atoms with Crippen molar-refractivity contribution < 1.29 is 19.0 Å². The Kier molecular flexibility index (Phi) is 5.44. The van der Waals surface area contributed by atoms with E-state index < -0.39 is 0 Å². The molecule has 2 saturated heterocycles. The number of hydrogen-bond donors (Lipinski definition) is 1. The molecule has 138 valence electrons. The van der Waals surface area contributed by atoms with Crippen molar-refractivity contribution in [3.05, 3.63) is 35.6 Å². The van der Waals surface area contributed by atoms with Crippen molar-refractivity contribution in [2.75, 3.05) is 32.9 Å². The van der Waals surface area contributed by atoms with E-state index in [4.69, 9.17) is 4.74 Å². The third-order valence-electron chi connectivity index (χ3n) is 6.13. The van der Waals surface area contributed by atoms with Gasteiger partial charge in [0.15, 0.2) is 0 Å². The van der Waals surface area contributed by atoms with Crippen LogP contribution in [0.1, 0.15) is 38.2 Å². The maximum atomic E-state index is 13.2. The molecule has 2 fully saturated rings. The fourth-order valence-corrected chi connectivity index (χ4v) is 4.29. The minimum atomic E-state index is -0.326. The molecule has 1 unspecified atom stereocenters. The minimum absolute atomic E-state index is 0.0381. The number of halogens is 1. The Morgan fingerprint density at radius 2 is 1.92 bits per heavy atom. The van der Waals surface area contributed by atoms with Crippen LogP contribution in [0, 0.1) is 16.6 Å². The molecule has 1 N–H and O–H groups in total. The molecule has 1 amide bonds. The molecule has 0 bridgehead atoms. The Labute approximate surface area is 149 Å². The number of ether oxygens (including phenoxy) is 1. The van der Waals surface area contributed by atoms with Crippen LogP contribution in [0.3, 0.4) is 0 Å². The summed E-state index contributed by atoms with van der Waals surface area (Å²) in [6.07, 6.45) is 3.83. The zero-order valence-electron chi connectivity index (χ0n) is 15.0. The average Bonchev–Trinajstić information content (AvgIpc) is 3.08.